The molecule has 0 aliphatic carbocycles. The minimum atomic E-state index is -1.24. The maximum absolute atomic E-state index is 15.6. The van der Waals surface area contributed by atoms with Crippen LogP contribution in [0.2, 0.25) is 0 Å². The highest BCUT2D eigenvalue weighted by atomic mass is 19.1. The predicted octanol–water partition coefficient (Wildman–Crippen LogP) is 4.45. The number of halogens is 2. The van der Waals surface area contributed by atoms with Gasteiger partial charge in [-0.2, -0.15) is 13.8 Å². The van der Waals surface area contributed by atoms with E-state index in [-0.39, 0.29) is 35.2 Å². The second-order valence-electron chi connectivity index (χ2n) is 8.93. The lowest BCUT2D eigenvalue weighted by atomic mass is 10.2. The first-order valence-electron chi connectivity index (χ1n) is 11.7. The van der Waals surface area contributed by atoms with Gasteiger partial charge >= 0.3 is 0 Å². The van der Waals surface area contributed by atoms with Crippen LogP contribution in [0.3, 0.4) is 0 Å². The second kappa shape index (κ2) is 10.8. The molecular weight excluding hydrogens is 498 g/mol. The van der Waals surface area contributed by atoms with Crippen LogP contribution in [0.5, 0.6) is 34.8 Å². The molecule has 0 spiro atoms. The Hall–Kier alpha value is -4.61. The van der Waals surface area contributed by atoms with Crippen LogP contribution >= 0.6 is 0 Å². The summed E-state index contributed by atoms with van der Waals surface area (Å²) in [5, 5.41) is 25.6. The molecule has 0 bridgehead atoms. The van der Waals surface area contributed by atoms with E-state index < -0.39 is 35.2 Å². The molecule has 0 amide bonds. The molecule has 1 aromatic heterocycles. The third-order valence-electron chi connectivity index (χ3n) is 5.91. The first kappa shape index (κ1) is 26.5. The van der Waals surface area contributed by atoms with Gasteiger partial charge in [0.2, 0.25) is 17.4 Å². The highest BCUT2D eigenvalue weighted by Gasteiger charge is 2.31. The Labute approximate surface area is 218 Å². The number of benzene rings is 2. The van der Waals surface area contributed by atoms with Crippen molar-refractivity contribution in [3.63, 3.8) is 0 Å². The Bertz CT molecular complexity index is 1380. The third kappa shape index (κ3) is 5.69. The molecule has 1 atom stereocenters. The number of pyridine rings is 1. The van der Waals surface area contributed by atoms with Crippen molar-refractivity contribution >= 4 is 17.4 Å². The van der Waals surface area contributed by atoms with Crippen LogP contribution in [0, 0.1) is 22.5 Å². The number of nitrogens with zero attached hydrogens (tertiary/aromatic N) is 3. The molecule has 5 N–H and O–H groups in total. The minimum Gasteiger partial charge on any atom is -0.504 e. The number of nitrogens with one attached hydrogen (secondary N) is 2. The standard InChI is InChI=1S/C26H28F2N6O4/c1-14(29)34-10-9-18(13-34)36-23-21(27)25(37-17-6-4-5-16(12-17)33(2)3)32-26(22(23)28)38-20-11-15(24(30)31)7-8-19(20)35/h4-8,11-12,18,29,35H,9-10,13H2,1-3H3,(H3,30,31). The number of phenolic OH excluding ortho intramolecular Hbond substituents is 1. The van der Waals surface area contributed by atoms with Gasteiger partial charge in [-0.3, -0.25) is 10.8 Å². The summed E-state index contributed by atoms with van der Waals surface area (Å²) in [5.41, 5.74) is 6.50. The number of ether oxygens (including phenoxy) is 3. The summed E-state index contributed by atoms with van der Waals surface area (Å²) in [6.07, 6.45) is -0.162. The number of amidine groups is 2. The second-order valence-corrected chi connectivity index (χ2v) is 8.93. The van der Waals surface area contributed by atoms with Crippen LogP contribution in [0.25, 0.3) is 0 Å². The fourth-order valence-corrected chi connectivity index (χ4v) is 3.82. The van der Waals surface area contributed by atoms with Crippen molar-refractivity contribution in [2.24, 2.45) is 5.73 Å². The molecule has 1 aliphatic rings. The Morgan fingerprint density at radius 3 is 2.45 bits per heavy atom. The van der Waals surface area contributed by atoms with Crippen molar-refractivity contribution in [1.82, 2.24) is 9.88 Å². The lowest BCUT2D eigenvalue weighted by molar-refractivity contribution is 0.189. The van der Waals surface area contributed by atoms with Gasteiger partial charge in [-0.15, -0.1) is 0 Å². The predicted molar refractivity (Wildman–Crippen MR) is 138 cm³/mol. The number of nitrogen functional groups attached to an aromatic ring is 1. The molecule has 1 unspecified atom stereocenters. The number of aromatic hydroxyl groups is 1. The fraction of sp³-hybridized carbons (Fsp3) is 0.269. The van der Waals surface area contributed by atoms with Gasteiger partial charge in [0.25, 0.3) is 11.8 Å². The van der Waals surface area contributed by atoms with E-state index in [1.54, 1.807) is 30.0 Å². The summed E-state index contributed by atoms with van der Waals surface area (Å²) in [7, 11) is 3.66. The summed E-state index contributed by atoms with van der Waals surface area (Å²) in [6.45, 7) is 2.40. The molecule has 1 aliphatic heterocycles. The van der Waals surface area contributed by atoms with E-state index >= 15 is 8.78 Å². The summed E-state index contributed by atoms with van der Waals surface area (Å²) >= 11 is 0. The van der Waals surface area contributed by atoms with Crippen LogP contribution in [0.4, 0.5) is 14.5 Å². The van der Waals surface area contributed by atoms with Crippen LogP contribution < -0.4 is 24.8 Å². The summed E-state index contributed by atoms with van der Waals surface area (Å²) in [4.78, 5) is 7.46. The fourth-order valence-electron chi connectivity index (χ4n) is 3.82. The van der Waals surface area contributed by atoms with Gasteiger partial charge in [0.05, 0.1) is 12.4 Å². The average molecular weight is 527 g/mol. The number of phenols is 1. The molecule has 4 rings (SSSR count). The number of nitrogens with two attached hydrogens (primary N) is 1. The van der Waals surface area contributed by atoms with Crippen LogP contribution in [0.15, 0.2) is 42.5 Å². The average Bonchev–Trinajstić information content (AvgIpc) is 3.35. The number of aromatic nitrogens is 1. The van der Waals surface area contributed by atoms with Crippen molar-refractivity contribution in [2.75, 3.05) is 32.1 Å². The van der Waals surface area contributed by atoms with Gasteiger partial charge in [0.15, 0.2) is 11.5 Å². The highest BCUT2D eigenvalue weighted by Crippen LogP contribution is 2.40. The van der Waals surface area contributed by atoms with Crippen LogP contribution in [-0.4, -0.2) is 60.0 Å². The molecule has 0 radical (unpaired) electrons. The number of hydrogen-bond acceptors (Lipinski definition) is 8. The van der Waals surface area contributed by atoms with Crippen molar-refractivity contribution < 1.29 is 28.1 Å². The molecule has 2 heterocycles. The first-order valence-corrected chi connectivity index (χ1v) is 11.7. The first-order chi connectivity index (χ1) is 18.0. The van der Waals surface area contributed by atoms with Gasteiger partial charge in [-0.1, -0.05) is 6.07 Å². The maximum atomic E-state index is 15.6. The van der Waals surface area contributed by atoms with Gasteiger partial charge < -0.3 is 34.9 Å². The van der Waals surface area contributed by atoms with Gasteiger partial charge in [-0.25, -0.2) is 0 Å². The Morgan fingerprint density at radius 1 is 1.11 bits per heavy atom. The lowest BCUT2D eigenvalue weighted by Crippen LogP contribution is -2.28. The van der Waals surface area contributed by atoms with E-state index in [9.17, 15) is 5.11 Å². The Morgan fingerprint density at radius 2 is 1.82 bits per heavy atom. The van der Waals surface area contributed by atoms with Crippen molar-refractivity contribution in [1.29, 1.82) is 10.8 Å². The smallest absolute Gasteiger partial charge is 0.263 e. The van der Waals surface area contributed by atoms with Crippen molar-refractivity contribution in [2.45, 2.75) is 19.4 Å². The normalized spacial score (nSPS) is 14.8. The number of likely N-dealkylation sites (tertiary alicyclic amines) is 1. The SMILES string of the molecule is CC(=N)N1CCC(Oc2c(F)c(Oc3cccc(N(C)C)c3)nc(Oc3cc(C(=N)N)ccc3O)c2F)C1. The number of hydrogen-bond donors (Lipinski definition) is 4. The van der Waals surface area contributed by atoms with Crippen LogP contribution in [0.1, 0.15) is 18.9 Å². The Kier molecular flexibility index (Phi) is 7.51. The summed E-state index contributed by atoms with van der Waals surface area (Å²) in [5.74, 6) is -4.87. The maximum Gasteiger partial charge on any atom is 0.263 e. The van der Waals surface area contributed by atoms with Crippen LogP contribution in [-0.2, 0) is 0 Å². The quantitative estimate of drug-likeness (QED) is 0.249. The minimum absolute atomic E-state index is 0.210. The van der Waals surface area contributed by atoms with E-state index in [4.69, 9.17) is 30.8 Å². The summed E-state index contributed by atoms with van der Waals surface area (Å²) in [6, 6.07) is 10.6. The molecule has 10 nitrogen and oxygen atoms in total. The van der Waals surface area contributed by atoms with E-state index in [1.165, 1.54) is 18.2 Å². The lowest BCUT2D eigenvalue weighted by Gasteiger charge is -2.19. The molecule has 3 aromatic rings. The third-order valence-corrected chi connectivity index (χ3v) is 5.91. The number of rotatable bonds is 8. The highest BCUT2D eigenvalue weighted by molar-refractivity contribution is 5.95. The topological polar surface area (TPSA) is 141 Å². The summed E-state index contributed by atoms with van der Waals surface area (Å²) < 4.78 is 48.1. The van der Waals surface area contributed by atoms with E-state index in [0.29, 0.717) is 18.8 Å². The zero-order chi connectivity index (χ0) is 27.6. The molecule has 12 heteroatoms. The number of anilines is 1. The van der Waals surface area contributed by atoms with Gasteiger partial charge in [-0.05, 0) is 37.3 Å². The molecule has 2 aromatic carbocycles. The zero-order valence-corrected chi connectivity index (χ0v) is 21.1. The molecule has 0 saturated carbocycles. The molecular formula is C26H28F2N6O4. The monoisotopic (exact) mass is 526 g/mol. The van der Waals surface area contributed by atoms with Crippen molar-refractivity contribution in [3.05, 3.63) is 59.7 Å². The van der Waals surface area contributed by atoms with E-state index in [0.717, 1.165) is 5.69 Å². The molecule has 1 fully saturated rings. The molecule has 200 valence electrons. The Balaban J connectivity index is 1.75. The van der Waals surface area contributed by atoms with Crippen molar-refractivity contribution in [3.8, 4) is 34.8 Å². The van der Waals surface area contributed by atoms with E-state index in [1.807, 2.05) is 25.1 Å². The largest absolute Gasteiger partial charge is 0.504 e. The molecule has 1 saturated heterocycles. The van der Waals surface area contributed by atoms with E-state index in [2.05, 4.69) is 4.98 Å². The van der Waals surface area contributed by atoms with Gasteiger partial charge in [0.1, 0.15) is 17.7 Å². The molecule has 38 heavy (non-hydrogen) atoms. The zero-order valence-electron chi connectivity index (χ0n) is 21.1. The van der Waals surface area contributed by atoms with Gasteiger partial charge in [0, 0.05) is 44.4 Å².